The Morgan fingerprint density at radius 2 is 2.20 bits per heavy atom. The largest absolute Gasteiger partial charge is 0.388 e. The molecule has 0 spiro atoms. The van der Waals surface area contributed by atoms with E-state index in [0.29, 0.717) is 5.56 Å². The first-order valence-corrected chi connectivity index (χ1v) is 5.56. The van der Waals surface area contributed by atoms with Crippen molar-refractivity contribution >= 4 is 28.9 Å². The molecule has 1 heterocycles. The maximum Gasteiger partial charge on any atom is 0.351 e. The van der Waals surface area contributed by atoms with E-state index in [-0.39, 0.29) is 5.97 Å². The van der Waals surface area contributed by atoms with Crippen LogP contribution in [0.4, 0.5) is 0 Å². The highest BCUT2D eigenvalue weighted by molar-refractivity contribution is 7.94. The quantitative estimate of drug-likeness (QED) is 0.728. The van der Waals surface area contributed by atoms with Crippen molar-refractivity contribution in [1.29, 1.82) is 0 Å². The average Bonchev–Trinajstić information content (AvgIpc) is 2.29. The van der Waals surface area contributed by atoms with Gasteiger partial charge in [-0.3, -0.25) is 4.98 Å². The zero-order valence-electron chi connectivity index (χ0n) is 8.14. The smallest absolute Gasteiger partial charge is 0.351 e. The fourth-order valence-electron chi connectivity index (χ4n) is 1.31. The summed E-state index contributed by atoms with van der Waals surface area (Å²) in [6.07, 6.45) is 3.23. The number of carbonyl (C=O) groups is 1. The summed E-state index contributed by atoms with van der Waals surface area (Å²) >= 11 is 1.03. The van der Waals surface area contributed by atoms with Crippen LogP contribution in [0.15, 0.2) is 36.5 Å². The van der Waals surface area contributed by atoms with Crippen molar-refractivity contribution in [3.8, 4) is 0 Å². The Labute approximate surface area is 91.7 Å². The molecule has 2 rings (SSSR count). The number of aromatic nitrogens is 1. The Kier molecular flexibility index (Phi) is 2.87. The first kappa shape index (κ1) is 9.98. The van der Waals surface area contributed by atoms with Gasteiger partial charge in [0.1, 0.15) is 0 Å². The standard InChI is InChI=1S/C11H9NO2S/c1-15-14-11(13)9-6-8-4-2-3-5-10(8)12-7-9/h2-7H,1H3. The van der Waals surface area contributed by atoms with Gasteiger partial charge in [0, 0.05) is 17.8 Å². The van der Waals surface area contributed by atoms with E-state index in [2.05, 4.69) is 4.98 Å². The number of fused-ring (bicyclic) bond motifs is 1. The monoisotopic (exact) mass is 219 g/mol. The summed E-state index contributed by atoms with van der Waals surface area (Å²) in [6.45, 7) is 0. The molecule has 0 saturated carbocycles. The Balaban J connectivity index is 2.42. The zero-order valence-corrected chi connectivity index (χ0v) is 8.95. The van der Waals surface area contributed by atoms with Crippen LogP contribution in [0, 0.1) is 0 Å². The lowest BCUT2D eigenvalue weighted by Crippen LogP contribution is -2.00. The van der Waals surface area contributed by atoms with E-state index in [9.17, 15) is 4.79 Å². The van der Waals surface area contributed by atoms with Crippen LogP contribution in [0.1, 0.15) is 10.4 Å². The molecule has 0 aliphatic rings. The van der Waals surface area contributed by atoms with Crippen molar-refractivity contribution < 1.29 is 8.98 Å². The summed E-state index contributed by atoms with van der Waals surface area (Å²) in [7, 11) is 0. The predicted molar refractivity (Wildman–Crippen MR) is 60.7 cm³/mol. The fourth-order valence-corrected chi connectivity index (χ4v) is 1.55. The third kappa shape index (κ3) is 2.10. The second-order valence-electron chi connectivity index (χ2n) is 2.95. The molecule has 1 aromatic carbocycles. The second kappa shape index (κ2) is 4.31. The topological polar surface area (TPSA) is 39.2 Å². The van der Waals surface area contributed by atoms with Crippen LogP contribution in [0.2, 0.25) is 0 Å². The van der Waals surface area contributed by atoms with Gasteiger partial charge in [-0.1, -0.05) is 18.2 Å². The Morgan fingerprint density at radius 1 is 1.40 bits per heavy atom. The average molecular weight is 219 g/mol. The SMILES string of the molecule is CSOC(=O)c1cnc2ccccc2c1. The van der Waals surface area contributed by atoms with E-state index in [1.54, 1.807) is 12.3 Å². The van der Waals surface area contributed by atoms with Gasteiger partial charge in [0.05, 0.1) is 23.1 Å². The van der Waals surface area contributed by atoms with E-state index in [1.807, 2.05) is 24.3 Å². The second-order valence-corrected chi connectivity index (χ2v) is 3.45. The minimum atomic E-state index is -0.360. The lowest BCUT2D eigenvalue weighted by Gasteiger charge is -2.01. The first-order valence-electron chi connectivity index (χ1n) is 4.41. The van der Waals surface area contributed by atoms with Crippen LogP contribution in [0.25, 0.3) is 10.9 Å². The van der Waals surface area contributed by atoms with Gasteiger partial charge in [-0.05, 0) is 12.1 Å². The van der Waals surface area contributed by atoms with Crippen molar-refractivity contribution in [2.45, 2.75) is 0 Å². The van der Waals surface area contributed by atoms with Gasteiger partial charge >= 0.3 is 5.97 Å². The maximum absolute atomic E-state index is 11.4. The minimum Gasteiger partial charge on any atom is -0.388 e. The molecule has 0 saturated heterocycles. The zero-order chi connectivity index (χ0) is 10.7. The first-order chi connectivity index (χ1) is 7.31. The van der Waals surface area contributed by atoms with Gasteiger partial charge < -0.3 is 4.18 Å². The minimum absolute atomic E-state index is 0.360. The molecule has 0 unspecified atom stereocenters. The van der Waals surface area contributed by atoms with E-state index in [0.717, 1.165) is 22.9 Å². The summed E-state index contributed by atoms with van der Waals surface area (Å²) in [5.74, 6) is -0.360. The third-order valence-electron chi connectivity index (χ3n) is 1.99. The van der Waals surface area contributed by atoms with Crippen LogP contribution in [0.3, 0.4) is 0 Å². The summed E-state index contributed by atoms with van der Waals surface area (Å²) in [6, 6.07) is 9.42. The molecule has 0 amide bonds. The molecule has 76 valence electrons. The molecular weight excluding hydrogens is 210 g/mol. The van der Waals surface area contributed by atoms with Gasteiger partial charge in [0.25, 0.3) is 0 Å². The van der Waals surface area contributed by atoms with E-state index in [1.165, 1.54) is 6.20 Å². The maximum atomic E-state index is 11.4. The van der Waals surface area contributed by atoms with Crippen molar-refractivity contribution in [3.63, 3.8) is 0 Å². The van der Waals surface area contributed by atoms with E-state index in [4.69, 9.17) is 4.18 Å². The third-order valence-corrected chi connectivity index (χ3v) is 2.30. The van der Waals surface area contributed by atoms with Crippen LogP contribution >= 0.6 is 12.0 Å². The molecule has 0 atom stereocenters. The summed E-state index contributed by atoms with van der Waals surface area (Å²) in [5.41, 5.74) is 1.35. The highest BCUT2D eigenvalue weighted by Crippen LogP contribution is 2.14. The lowest BCUT2D eigenvalue weighted by atomic mass is 10.2. The van der Waals surface area contributed by atoms with E-state index >= 15 is 0 Å². The molecule has 15 heavy (non-hydrogen) atoms. The van der Waals surface area contributed by atoms with Crippen LogP contribution in [-0.2, 0) is 4.18 Å². The summed E-state index contributed by atoms with van der Waals surface area (Å²) in [4.78, 5) is 15.6. The molecular formula is C11H9NO2S. The Hall–Kier alpha value is -1.55. The molecule has 0 bridgehead atoms. The molecule has 0 aliphatic heterocycles. The van der Waals surface area contributed by atoms with Gasteiger partial charge in [0.2, 0.25) is 0 Å². The van der Waals surface area contributed by atoms with Gasteiger partial charge in [-0.2, -0.15) is 0 Å². The van der Waals surface area contributed by atoms with Crippen LogP contribution < -0.4 is 0 Å². The summed E-state index contributed by atoms with van der Waals surface area (Å²) in [5, 5.41) is 0.938. The Morgan fingerprint density at radius 3 is 3.00 bits per heavy atom. The van der Waals surface area contributed by atoms with Gasteiger partial charge in [0.15, 0.2) is 0 Å². The molecule has 2 aromatic rings. The predicted octanol–water partition coefficient (Wildman–Crippen LogP) is 2.67. The molecule has 0 radical (unpaired) electrons. The highest BCUT2D eigenvalue weighted by Gasteiger charge is 2.07. The summed E-state index contributed by atoms with van der Waals surface area (Å²) < 4.78 is 4.81. The lowest BCUT2D eigenvalue weighted by molar-refractivity contribution is 0.0769. The number of carbonyl (C=O) groups excluding carboxylic acids is 1. The Bertz CT molecular complexity index is 499. The number of para-hydroxylation sites is 1. The fraction of sp³-hybridized carbons (Fsp3) is 0.0909. The normalized spacial score (nSPS) is 10.2. The van der Waals surface area contributed by atoms with Crippen LogP contribution in [-0.4, -0.2) is 17.2 Å². The molecule has 1 aromatic heterocycles. The molecule has 3 nitrogen and oxygen atoms in total. The van der Waals surface area contributed by atoms with Crippen LogP contribution in [0.5, 0.6) is 0 Å². The number of benzene rings is 1. The molecule has 0 N–H and O–H groups in total. The number of hydrogen-bond acceptors (Lipinski definition) is 4. The number of nitrogens with zero attached hydrogens (tertiary/aromatic N) is 1. The van der Waals surface area contributed by atoms with E-state index < -0.39 is 0 Å². The van der Waals surface area contributed by atoms with Gasteiger partial charge in [-0.25, -0.2) is 4.79 Å². The van der Waals surface area contributed by atoms with Crippen molar-refractivity contribution in [3.05, 3.63) is 42.1 Å². The number of pyridine rings is 1. The molecule has 0 aliphatic carbocycles. The van der Waals surface area contributed by atoms with Crippen molar-refractivity contribution in [2.75, 3.05) is 6.26 Å². The van der Waals surface area contributed by atoms with Crippen molar-refractivity contribution in [1.82, 2.24) is 4.98 Å². The highest BCUT2D eigenvalue weighted by atomic mass is 32.2. The van der Waals surface area contributed by atoms with Gasteiger partial charge in [-0.15, -0.1) is 0 Å². The number of rotatable bonds is 2. The molecule has 4 heteroatoms. The molecule has 0 fully saturated rings. The van der Waals surface area contributed by atoms with Crippen molar-refractivity contribution in [2.24, 2.45) is 0 Å². The number of hydrogen-bond donors (Lipinski definition) is 0.